The third-order valence-corrected chi connectivity index (χ3v) is 5.80. The van der Waals surface area contributed by atoms with E-state index in [2.05, 4.69) is 19.3 Å². The van der Waals surface area contributed by atoms with E-state index in [4.69, 9.17) is 24.8 Å². The van der Waals surface area contributed by atoms with Gasteiger partial charge >= 0.3 is 15.6 Å². The van der Waals surface area contributed by atoms with Gasteiger partial charge in [-0.05, 0) is 0 Å². The zero-order chi connectivity index (χ0) is 20.0. The van der Waals surface area contributed by atoms with Crippen molar-refractivity contribution >= 4 is 32.6 Å². The molecule has 0 saturated carbocycles. The summed E-state index contributed by atoms with van der Waals surface area (Å²) in [6, 6.07) is 0. The number of phosphoric acid groups is 2. The maximum atomic E-state index is 11.9. The molecule has 2 aromatic heterocycles. The summed E-state index contributed by atoms with van der Waals surface area (Å²) in [5.41, 5.74) is 5.96. The molecule has 1 saturated heterocycles. The van der Waals surface area contributed by atoms with Gasteiger partial charge in [-0.1, -0.05) is 0 Å². The number of phosphoric ester groups is 1. The highest BCUT2D eigenvalue weighted by Gasteiger charge is 2.50. The number of fused-ring (bicyclic) bond motifs is 1. The summed E-state index contributed by atoms with van der Waals surface area (Å²) in [4.78, 5) is 38.7. The SMILES string of the molecule is Nc1ncnc2c1ncn2[C@@H]1O[C@H](CO)[C@@H](O)[C@@H]1OP(=O)(O)OP(=O)(O)O. The highest BCUT2D eigenvalue weighted by molar-refractivity contribution is 7.60. The number of rotatable bonds is 6. The first-order chi connectivity index (χ1) is 12.5. The molecular weight excluding hydrogens is 412 g/mol. The lowest BCUT2D eigenvalue weighted by Gasteiger charge is -2.23. The van der Waals surface area contributed by atoms with Gasteiger partial charge < -0.3 is 35.4 Å². The predicted molar refractivity (Wildman–Crippen MR) is 84.6 cm³/mol. The topological polar surface area (TPSA) is 233 Å². The lowest BCUT2D eigenvalue weighted by molar-refractivity contribution is -0.0505. The normalized spacial score (nSPS) is 28.5. The van der Waals surface area contributed by atoms with E-state index in [0.29, 0.717) is 0 Å². The van der Waals surface area contributed by atoms with Gasteiger partial charge in [-0.2, -0.15) is 4.31 Å². The van der Waals surface area contributed by atoms with Crippen LogP contribution in [0.3, 0.4) is 0 Å². The minimum Gasteiger partial charge on any atom is -0.394 e. The Kier molecular flexibility index (Phi) is 5.35. The number of nitrogens with zero attached hydrogens (tertiary/aromatic N) is 4. The number of hydrogen-bond donors (Lipinski definition) is 6. The number of hydrogen-bond acceptors (Lipinski definition) is 11. The molecule has 0 bridgehead atoms. The third kappa shape index (κ3) is 4.17. The van der Waals surface area contributed by atoms with Crippen molar-refractivity contribution in [2.45, 2.75) is 24.5 Å². The molecule has 15 nitrogen and oxygen atoms in total. The maximum absolute atomic E-state index is 11.9. The Morgan fingerprint density at radius 3 is 2.59 bits per heavy atom. The molecule has 0 aliphatic carbocycles. The van der Waals surface area contributed by atoms with E-state index in [1.807, 2.05) is 0 Å². The first-order valence-corrected chi connectivity index (χ1v) is 10.2. The molecule has 0 amide bonds. The minimum absolute atomic E-state index is 0.0335. The summed E-state index contributed by atoms with van der Waals surface area (Å²) >= 11 is 0. The van der Waals surface area contributed by atoms with Crippen LogP contribution in [0.15, 0.2) is 12.7 Å². The fourth-order valence-corrected chi connectivity index (χ4v) is 4.34. The Balaban J connectivity index is 1.98. The predicted octanol–water partition coefficient (Wildman–Crippen LogP) is -1.75. The molecule has 7 N–H and O–H groups in total. The van der Waals surface area contributed by atoms with Crippen molar-refractivity contribution in [1.29, 1.82) is 0 Å². The van der Waals surface area contributed by atoms with Gasteiger partial charge in [0, 0.05) is 0 Å². The Hall–Kier alpha value is -1.51. The van der Waals surface area contributed by atoms with Crippen LogP contribution in [0.1, 0.15) is 6.23 Å². The van der Waals surface area contributed by atoms with Crippen molar-refractivity contribution in [3.8, 4) is 0 Å². The van der Waals surface area contributed by atoms with Gasteiger partial charge in [-0.3, -0.25) is 9.09 Å². The lowest BCUT2D eigenvalue weighted by Crippen LogP contribution is -2.35. The number of ether oxygens (including phenoxy) is 1. The van der Waals surface area contributed by atoms with Gasteiger partial charge in [0.05, 0.1) is 12.9 Å². The third-order valence-electron chi connectivity index (χ3n) is 3.62. The number of aliphatic hydroxyl groups is 2. The second kappa shape index (κ2) is 7.14. The van der Waals surface area contributed by atoms with E-state index in [0.717, 1.165) is 6.33 Å². The highest BCUT2D eigenvalue weighted by atomic mass is 31.3. The van der Waals surface area contributed by atoms with Gasteiger partial charge in [0.1, 0.15) is 30.2 Å². The van der Waals surface area contributed by atoms with Gasteiger partial charge in [-0.15, -0.1) is 0 Å². The number of nitrogens with two attached hydrogens (primary N) is 1. The van der Waals surface area contributed by atoms with Crippen molar-refractivity contribution < 1.29 is 47.6 Å². The molecule has 1 aliphatic rings. The van der Waals surface area contributed by atoms with Crippen molar-refractivity contribution in [3.63, 3.8) is 0 Å². The summed E-state index contributed by atoms with van der Waals surface area (Å²) in [6.45, 7) is -0.684. The van der Waals surface area contributed by atoms with Crippen LogP contribution in [0.2, 0.25) is 0 Å². The smallest absolute Gasteiger partial charge is 0.394 e. The molecule has 5 atom stereocenters. The number of imidazole rings is 1. The fourth-order valence-electron chi connectivity index (χ4n) is 2.57. The molecule has 1 aliphatic heterocycles. The molecule has 1 unspecified atom stereocenters. The average Bonchev–Trinajstić information content (AvgIpc) is 3.08. The molecule has 1 fully saturated rings. The van der Waals surface area contributed by atoms with Gasteiger partial charge in [0.25, 0.3) is 0 Å². The standard InChI is InChI=1S/C10H15N5O10P2/c11-8-5-9(13-2-12-8)15(3-14-5)10-7(6(17)4(1-16)23-10)24-27(21,22)25-26(18,19)20/h2-4,6-7,10,16-17H,1H2,(H,21,22)(H2,11,12,13)(H2,18,19,20)/t4-,6-,7+,10-/m1/s1. The van der Waals surface area contributed by atoms with E-state index in [9.17, 15) is 24.2 Å². The molecule has 17 heteroatoms. The van der Waals surface area contributed by atoms with Gasteiger partial charge in [-0.25, -0.2) is 24.1 Å². The van der Waals surface area contributed by atoms with Crippen molar-refractivity contribution in [3.05, 3.63) is 12.7 Å². The zero-order valence-electron chi connectivity index (χ0n) is 13.2. The summed E-state index contributed by atoms with van der Waals surface area (Å²) in [5, 5.41) is 19.5. The number of anilines is 1. The van der Waals surface area contributed by atoms with Crippen LogP contribution in [0.25, 0.3) is 11.2 Å². The second-order valence-corrected chi connectivity index (χ2v) is 8.21. The molecule has 0 spiro atoms. The van der Waals surface area contributed by atoms with E-state index in [1.165, 1.54) is 10.9 Å². The summed E-state index contributed by atoms with van der Waals surface area (Å²) in [5.74, 6) is 0.0335. The zero-order valence-corrected chi connectivity index (χ0v) is 15.0. The van der Waals surface area contributed by atoms with Crippen LogP contribution in [-0.4, -0.2) is 69.3 Å². The molecule has 0 aromatic carbocycles. The fraction of sp³-hybridized carbons (Fsp3) is 0.500. The molecule has 150 valence electrons. The Labute approximate surface area is 150 Å². The van der Waals surface area contributed by atoms with Crippen LogP contribution in [0, 0.1) is 0 Å². The lowest BCUT2D eigenvalue weighted by atomic mass is 10.1. The van der Waals surface area contributed by atoms with E-state index >= 15 is 0 Å². The second-order valence-electron chi connectivity index (χ2n) is 5.43. The van der Waals surface area contributed by atoms with Crippen LogP contribution < -0.4 is 5.73 Å². The molecular formula is C10H15N5O10P2. The summed E-state index contributed by atoms with van der Waals surface area (Å²) in [6.07, 6.45) is -3.65. The quantitative estimate of drug-likeness (QED) is 0.281. The van der Waals surface area contributed by atoms with E-state index in [1.54, 1.807) is 0 Å². The molecule has 3 rings (SSSR count). The molecule has 3 heterocycles. The van der Waals surface area contributed by atoms with E-state index < -0.39 is 46.8 Å². The first-order valence-electron chi connectivity index (χ1n) is 7.18. The van der Waals surface area contributed by atoms with Crippen molar-refractivity contribution in [2.24, 2.45) is 0 Å². The number of aliphatic hydroxyl groups excluding tert-OH is 2. The van der Waals surface area contributed by atoms with E-state index in [-0.39, 0.29) is 17.0 Å². The van der Waals surface area contributed by atoms with Gasteiger partial charge in [0.2, 0.25) is 0 Å². The van der Waals surface area contributed by atoms with Crippen LogP contribution in [0.4, 0.5) is 5.82 Å². The van der Waals surface area contributed by atoms with Gasteiger partial charge in [0.15, 0.2) is 17.7 Å². The van der Waals surface area contributed by atoms with Crippen LogP contribution in [0.5, 0.6) is 0 Å². The summed E-state index contributed by atoms with van der Waals surface area (Å²) < 4.78 is 37.8. The monoisotopic (exact) mass is 427 g/mol. The Bertz CT molecular complexity index is 932. The van der Waals surface area contributed by atoms with Crippen molar-refractivity contribution in [2.75, 3.05) is 12.3 Å². The number of aromatic nitrogens is 4. The Morgan fingerprint density at radius 1 is 1.26 bits per heavy atom. The highest BCUT2D eigenvalue weighted by Crippen LogP contribution is 2.59. The molecule has 2 aromatic rings. The molecule has 0 radical (unpaired) electrons. The first kappa shape index (κ1) is 20.2. The Morgan fingerprint density at radius 2 is 1.96 bits per heavy atom. The molecule has 27 heavy (non-hydrogen) atoms. The number of nitrogen functional groups attached to an aromatic ring is 1. The maximum Gasteiger partial charge on any atom is 0.481 e. The van der Waals surface area contributed by atoms with Crippen LogP contribution >= 0.6 is 15.6 Å². The van der Waals surface area contributed by atoms with Crippen LogP contribution in [-0.2, 0) is 22.7 Å². The average molecular weight is 427 g/mol. The minimum atomic E-state index is -5.38. The largest absolute Gasteiger partial charge is 0.481 e. The van der Waals surface area contributed by atoms with Crippen molar-refractivity contribution in [1.82, 2.24) is 19.5 Å². The summed E-state index contributed by atoms with van der Waals surface area (Å²) in [7, 11) is -10.7.